The predicted octanol–water partition coefficient (Wildman–Crippen LogP) is 2.57. The van der Waals surface area contributed by atoms with Crippen LogP contribution in [-0.2, 0) is 0 Å². The summed E-state index contributed by atoms with van der Waals surface area (Å²) in [6, 6.07) is 0. The maximum absolute atomic E-state index is 2.32. The van der Waals surface area contributed by atoms with E-state index in [1.807, 2.05) is 0 Å². The molecule has 0 atom stereocenters. The van der Waals surface area contributed by atoms with Crippen LogP contribution in [0.5, 0.6) is 0 Å². The second-order valence-electron chi connectivity index (χ2n) is 3.16. The van der Waals surface area contributed by atoms with Gasteiger partial charge >= 0.3 is 0 Å². The van der Waals surface area contributed by atoms with Gasteiger partial charge in [0.25, 0.3) is 0 Å². The molecule has 11 heavy (non-hydrogen) atoms. The van der Waals surface area contributed by atoms with Crippen molar-refractivity contribution in [2.45, 2.75) is 39.5 Å². The number of hydrogen-bond donors (Lipinski definition) is 0. The van der Waals surface area contributed by atoms with E-state index in [1.165, 1.54) is 32.2 Å². The molecule has 62 valence electrons. The molecule has 1 aliphatic heterocycles. The molecule has 0 aromatic rings. The first-order valence-electron chi connectivity index (χ1n) is 4.65. The maximum Gasteiger partial charge on any atom is 0.168 e. The van der Waals surface area contributed by atoms with E-state index >= 15 is 0 Å². The van der Waals surface area contributed by atoms with Crippen LogP contribution in [0.25, 0.3) is 0 Å². The molecule has 0 aromatic heterocycles. The summed E-state index contributed by atoms with van der Waals surface area (Å²) in [6.07, 6.45) is 9.60. The van der Waals surface area contributed by atoms with Crippen molar-refractivity contribution < 1.29 is 4.58 Å². The zero-order valence-corrected chi connectivity index (χ0v) is 7.64. The van der Waals surface area contributed by atoms with Crippen molar-refractivity contribution in [3.05, 3.63) is 11.8 Å². The van der Waals surface area contributed by atoms with Gasteiger partial charge < -0.3 is 0 Å². The van der Waals surface area contributed by atoms with Crippen molar-refractivity contribution in [1.82, 2.24) is 0 Å². The number of allylic oxidation sites excluding steroid dienone is 1. The molecule has 0 saturated heterocycles. The van der Waals surface area contributed by atoms with Gasteiger partial charge in [-0.05, 0) is 6.42 Å². The zero-order chi connectivity index (χ0) is 8.10. The molecule has 0 spiro atoms. The Bertz CT molecular complexity index is 177. The molecular formula is C10H18N+. The van der Waals surface area contributed by atoms with Gasteiger partial charge in [0.15, 0.2) is 6.20 Å². The van der Waals surface area contributed by atoms with E-state index in [0.29, 0.717) is 0 Å². The van der Waals surface area contributed by atoms with E-state index in [9.17, 15) is 0 Å². The van der Waals surface area contributed by atoms with Crippen molar-refractivity contribution >= 4 is 6.21 Å². The highest BCUT2D eigenvalue weighted by Gasteiger charge is 2.10. The van der Waals surface area contributed by atoms with Gasteiger partial charge in [-0.15, -0.1) is 0 Å². The average Bonchev–Trinajstić information content (AvgIpc) is 2.38. The molecule has 1 aliphatic rings. The van der Waals surface area contributed by atoms with Gasteiger partial charge in [0.2, 0.25) is 0 Å². The van der Waals surface area contributed by atoms with Crippen LogP contribution in [0.15, 0.2) is 11.8 Å². The Kier molecular flexibility index (Phi) is 3.34. The fourth-order valence-electron chi connectivity index (χ4n) is 1.48. The molecule has 0 fully saturated rings. The van der Waals surface area contributed by atoms with Crippen LogP contribution in [0, 0.1) is 0 Å². The van der Waals surface area contributed by atoms with Crippen LogP contribution >= 0.6 is 0 Å². The van der Waals surface area contributed by atoms with Gasteiger partial charge in [0.05, 0.1) is 6.42 Å². The Labute approximate surface area is 69.4 Å². The van der Waals surface area contributed by atoms with Crippen molar-refractivity contribution in [2.24, 2.45) is 0 Å². The highest BCUT2D eigenvalue weighted by Crippen LogP contribution is 2.12. The SMILES string of the molecule is CCCC1=C[N+](CCC)=CC1. The van der Waals surface area contributed by atoms with Crippen molar-refractivity contribution in [2.75, 3.05) is 6.54 Å². The first-order valence-corrected chi connectivity index (χ1v) is 4.65. The lowest BCUT2D eigenvalue weighted by atomic mass is 10.1. The van der Waals surface area contributed by atoms with Crippen LogP contribution in [0.3, 0.4) is 0 Å². The first kappa shape index (κ1) is 8.51. The first-order chi connectivity index (χ1) is 5.36. The normalized spacial score (nSPS) is 16.5. The summed E-state index contributed by atoms with van der Waals surface area (Å²) >= 11 is 0. The molecular weight excluding hydrogens is 134 g/mol. The largest absolute Gasteiger partial charge is 0.209 e. The summed E-state index contributed by atoms with van der Waals surface area (Å²) in [5.41, 5.74) is 1.60. The molecule has 0 bridgehead atoms. The molecule has 0 saturated carbocycles. The average molecular weight is 152 g/mol. The molecule has 1 heterocycles. The predicted molar refractivity (Wildman–Crippen MR) is 49.1 cm³/mol. The van der Waals surface area contributed by atoms with Crippen LogP contribution < -0.4 is 0 Å². The van der Waals surface area contributed by atoms with Gasteiger partial charge in [-0.3, -0.25) is 0 Å². The fraction of sp³-hybridized carbons (Fsp3) is 0.700. The minimum absolute atomic E-state index is 1.19. The van der Waals surface area contributed by atoms with E-state index in [2.05, 4.69) is 30.8 Å². The van der Waals surface area contributed by atoms with Crippen molar-refractivity contribution in [3.63, 3.8) is 0 Å². The van der Waals surface area contributed by atoms with Crippen LogP contribution in [0.4, 0.5) is 0 Å². The highest BCUT2D eigenvalue weighted by atomic mass is 15.0. The Morgan fingerprint density at radius 3 is 2.82 bits per heavy atom. The second kappa shape index (κ2) is 4.32. The third kappa shape index (κ3) is 2.49. The quantitative estimate of drug-likeness (QED) is 0.545. The van der Waals surface area contributed by atoms with Crippen molar-refractivity contribution in [1.29, 1.82) is 0 Å². The van der Waals surface area contributed by atoms with Gasteiger partial charge in [-0.1, -0.05) is 20.3 Å². The minimum atomic E-state index is 1.19. The summed E-state index contributed by atoms with van der Waals surface area (Å²) < 4.78 is 2.32. The standard InChI is InChI=1S/C10H18N/c1-3-5-10-6-8-11(9-10)7-4-2/h8-9H,3-7H2,1-2H3/q+1. The molecule has 1 rings (SSSR count). The third-order valence-corrected chi connectivity index (χ3v) is 1.99. The Morgan fingerprint density at radius 2 is 2.18 bits per heavy atom. The van der Waals surface area contributed by atoms with Crippen LogP contribution in [0.1, 0.15) is 39.5 Å². The lowest BCUT2D eigenvalue weighted by molar-refractivity contribution is -0.449. The highest BCUT2D eigenvalue weighted by molar-refractivity contribution is 5.58. The Morgan fingerprint density at radius 1 is 1.36 bits per heavy atom. The lowest BCUT2D eigenvalue weighted by Gasteiger charge is -1.90. The molecule has 1 heteroatoms. The molecule has 0 aromatic carbocycles. The number of rotatable bonds is 4. The number of nitrogens with zero attached hydrogens (tertiary/aromatic N) is 1. The second-order valence-corrected chi connectivity index (χ2v) is 3.16. The summed E-state index contributed by atoms with van der Waals surface area (Å²) in [6.45, 7) is 5.65. The van der Waals surface area contributed by atoms with Gasteiger partial charge in [-0.25, -0.2) is 4.58 Å². The Hall–Kier alpha value is -0.590. The van der Waals surface area contributed by atoms with E-state index in [-0.39, 0.29) is 0 Å². The van der Waals surface area contributed by atoms with Crippen molar-refractivity contribution in [3.8, 4) is 0 Å². The summed E-state index contributed by atoms with van der Waals surface area (Å²) in [4.78, 5) is 0. The van der Waals surface area contributed by atoms with E-state index in [0.717, 1.165) is 0 Å². The molecule has 0 N–H and O–H groups in total. The molecule has 1 nitrogen and oxygen atoms in total. The monoisotopic (exact) mass is 152 g/mol. The van der Waals surface area contributed by atoms with E-state index in [4.69, 9.17) is 0 Å². The molecule has 0 amide bonds. The summed E-state index contributed by atoms with van der Waals surface area (Å²) in [5, 5.41) is 0. The molecule has 0 unspecified atom stereocenters. The smallest absolute Gasteiger partial charge is 0.168 e. The van der Waals surface area contributed by atoms with Crippen LogP contribution in [0.2, 0.25) is 0 Å². The topological polar surface area (TPSA) is 3.01 Å². The fourth-order valence-corrected chi connectivity index (χ4v) is 1.48. The summed E-state index contributed by atoms with van der Waals surface area (Å²) in [5.74, 6) is 0. The van der Waals surface area contributed by atoms with E-state index in [1.54, 1.807) is 5.57 Å². The lowest BCUT2D eigenvalue weighted by Crippen LogP contribution is -2.02. The van der Waals surface area contributed by atoms with Gasteiger partial charge in [0.1, 0.15) is 12.8 Å². The molecule has 0 aliphatic carbocycles. The van der Waals surface area contributed by atoms with Gasteiger partial charge in [0, 0.05) is 12.0 Å². The minimum Gasteiger partial charge on any atom is -0.209 e. The summed E-state index contributed by atoms with van der Waals surface area (Å²) in [7, 11) is 0. The van der Waals surface area contributed by atoms with Crippen LogP contribution in [-0.4, -0.2) is 17.3 Å². The molecule has 0 radical (unpaired) electrons. The Balaban J connectivity index is 2.36. The van der Waals surface area contributed by atoms with E-state index < -0.39 is 0 Å². The maximum atomic E-state index is 2.32. The zero-order valence-electron chi connectivity index (χ0n) is 7.64. The third-order valence-electron chi connectivity index (χ3n) is 1.99. The van der Waals surface area contributed by atoms with Gasteiger partial charge in [-0.2, -0.15) is 0 Å². The number of hydrogen-bond acceptors (Lipinski definition) is 0.